The fourth-order valence-corrected chi connectivity index (χ4v) is 4.26. The van der Waals surface area contributed by atoms with Crippen LogP contribution in [0.1, 0.15) is 5.56 Å². The lowest BCUT2D eigenvalue weighted by Gasteiger charge is -2.11. The molecule has 4 aromatic rings. The van der Waals surface area contributed by atoms with Gasteiger partial charge in [0.2, 0.25) is 0 Å². The van der Waals surface area contributed by atoms with Gasteiger partial charge in [0, 0.05) is 11.4 Å². The Labute approximate surface area is 204 Å². The normalized spacial score (nSPS) is 10.9. The van der Waals surface area contributed by atoms with Gasteiger partial charge in [0.1, 0.15) is 17.2 Å². The molecule has 4 rings (SSSR count). The van der Waals surface area contributed by atoms with Gasteiger partial charge in [-0.25, -0.2) is 8.42 Å². The summed E-state index contributed by atoms with van der Waals surface area (Å²) in [4.78, 5) is 12.3. The fraction of sp³-hybridized carbons (Fsp3) is 0.0741. The fourth-order valence-electron chi connectivity index (χ4n) is 3.21. The first kappa shape index (κ1) is 23.8. The molecule has 178 valence electrons. The third-order valence-corrected chi connectivity index (χ3v) is 6.29. The molecular weight excluding hydrogens is 464 g/mol. The first-order valence-electron chi connectivity index (χ1n) is 10.8. The van der Waals surface area contributed by atoms with Crippen molar-refractivity contribution in [3.63, 3.8) is 0 Å². The molecule has 0 spiro atoms. The third kappa shape index (κ3) is 6.84. The molecule has 0 saturated heterocycles. The van der Waals surface area contributed by atoms with Gasteiger partial charge >= 0.3 is 0 Å². The molecule has 4 aromatic carbocycles. The minimum absolute atomic E-state index is 0.0913. The summed E-state index contributed by atoms with van der Waals surface area (Å²) in [6, 6.07) is 29.3. The van der Waals surface area contributed by atoms with Crippen LogP contribution in [-0.2, 0) is 14.8 Å². The molecule has 0 bridgehead atoms. The molecule has 2 N–H and O–H groups in total. The van der Waals surface area contributed by atoms with Crippen molar-refractivity contribution in [2.75, 3.05) is 16.6 Å². The van der Waals surface area contributed by atoms with E-state index in [1.54, 1.807) is 42.5 Å². The summed E-state index contributed by atoms with van der Waals surface area (Å²) < 4.78 is 39.0. The Morgan fingerprint density at radius 2 is 1.40 bits per heavy atom. The standard InChI is InChI=1S/C27H24N2O5S/c1-20-6-5-7-22(18-20)29-35(31,32)26-16-14-23(15-17-26)33-19-27(30)28-21-10-12-25(13-11-21)34-24-8-3-2-4-9-24/h2-18,29H,19H2,1H3,(H,28,30). The van der Waals surface area contributed by atoms with Crippen LogP contribution >= 0.6 is 0 Å². The number of amides is 1. The lowest BCUT2D eigenvalue weighted by Crippen LogP contribution is -2.20. The number of nitrogens with one attached hydrogen (secondary N) is 2. The Bertz CT molecular complexity index is 1390. The lowest BCUT2D eigenvalue weighted by molar-refractivity contribution is -0.118. The van der Waals surface area contributed by atoms with E-state index >= 15 is 0 Å². The monoisotopic (exact) mass is 488 g/mol. The maximum atomic E-state index is 12.6. The molecule has 0 radical (unpaired) electrons. The summed E-state index contributed by atoms with van der Waals surface area (Å²) in [5, 5.41) is 2.75. The topological polar surface area (TPSA) is 93.7 Å². The summed E-state index contributed by atoms with van der Waals surface area (Å²) in [6.07, 6.45) is 0. The van der Waals surface area contributed by atoms with E-state index in [4.69, 9.17) is 9.47 Å². The predicted octanol–water partition coefficient (Wildman–Crippen LogP) is 5.61. The molecule has 8 heteroatoms. The van der Waals surface area contributed by atoms with Gasteiger partial charge in [-0.1, -0.05) is 30.3 Å². The Kier molecular flexibility index (Phi) is 7.32. The van der Waals surface area contributed by atoms with Gasteiger partial charge in [-0.15, -0.1) is 0 Å². The first-order chi connectivity index (χ1) is 16.9. The van der Waals surface area contributed by atoms with Crippen molar-refractivity contribution in [3.8, 4) is 17.2 Å². The molecule has 0 unspecified atom stereocenters. The van der Waals surface area contributed by atoms with Crippen molar-refractivity contribution in [3.05, 3.63) is 109 Å². The van der Waals surface area contributed by atoms with Gasteiger partial charge in [0.25, 0.3) is 15.9 Å². The number of carbonyl (C=O) groups excluding carboxylic acids is 1. The van der Waals surface area contributed by atoms with Crippen LogP contribution < -0.4 is 19.5 Å². The lowest BCUT2D eigenvalue weighted by atomic mass is 10.2. The predicted molar refractivity (Wildman–Crippen MR) is 136 cm³/mol. The first-order valence-corrected chi connectivity index (χ1v) is 12.3. The van der Waals surface area contributed by atoms with Crippen LogP contribution in [0, 0.1) is 6.92 Å². The second-order valence-corrected chi connectivity index (χ2v) is 9.41. The van der Waals surface area contributed by atoms with E-state index in [0.717, 1.165) is 11.3 Å². The maximum Gasteiger partial charge on any atom is 0.262 e. The van der Waals surface area contributed by atoms with Gasteiger partial charge in [-0.3, -0.25) is 9.52 Å². The smallest absolute Gasteiger partial charge is 0.262 e. The van der Waals surface area contributed by atoms with Gasteiger partial charge < -0.3 is 14.8 Å². The molecule has 7 nitrogen and oxygen atoms in total. The van der Waals surface area contributed by atoms with E-state index in [1.165, 1.54) is 24.3 Å². The maximum absolute atomic E-state index is 12.6. The van der Waals surface area contributed by atoms with Gasteiger partial charge in [0.05, 0.1) is 4.90 Å². The van der Waals surface area contributed by atoms with Crippen LogP contribution in [0.15, 0.2) is 108 Å². The highest BCUT2D eigenvalue weighted by Crippen LogP contribution is 2.23. The zero-order valence-corrected chi connectivity index (χ0v) is 19.8. The molecule has 0 aromatic heterocycles. The van der Waals surface area contributed by atoms with E-state index < -0.39 is 10.0 Å². The van der Waals surface area contributed by atoms with E-state index in [2.05, 4.69) is 10.0 Å². The van der Waals surface area contributed by atoms with E-state index in [-0.39, 0.29) is 17.4 Å². The average molecular weight is 489 g/mol. The van der Waals surface area contributed by atoms with Crippen molar-refractivity contribution >= 4 is 27.3 Å². The summed E-state index contributed by atoms with van der Waals surface area (Å²) in [5.74, 6) is 1.40. The van der Waals surface area contributed by atoms with Gasteiger partial charge in [-0.2, -0.15) is 0 Å². The van der Waals surface area contributed by atoms with Crippen LogP contribution in [0.25, 0.3) is 0 Å². The van der Waals surface area contributed by atoms with Crippen molar-refractivity contribution in [1.29, 1.82) is 0 Å². The Balaban J connectivity index is 1.28. The summed E-state index contributed by atoms with van der Waals surface area (Å²) in [6.45, 7) is 1.66. The zero-order chi connectivity index (χ0) is 24.7. The number of para-hydroxylation sites is 1. The second-order valence-electron chi connectivity index (χ2n) is 7.72. The molecule has 1 amide bonds. The molecule has 0 aliphatic carbocycles. The third-order valence-electron chi connectivity index (χ3n) is 4.89. The number of aryl methyl sites for hydroxylation is 1. The van der Waals surface area contributed by atoms with Crippen LogP contribution in [-0.4, -0.2) is 20.9 Å². The van der Waals surface area contributed by atoms with Crippen molar-refractivity contribution in [2.24, 2.45) is 0 Å². The summed E-state index contributed by atoms with van der Waals surface area (Å²) in [7, 11) is -3.74. The number of hydrogen-bond acceptors (Lipinski definition) is 5. The number of hydrogen-bond donors (Lipinski definition) is 2. The number of carbonyl (C=O) groups is 1. The van der Waals surface area contributed by atoms with Crippen LogP contribution in [0.3, 0.4) is 0 Å². The number of anilines is 2. The van der Waals surface area contributed by atoms with E-state index in [1.807, 2.05) is 43.3 Å². The molecule has 0 fully saturated rings. The molecule has 0 saturated carbocycles. The molecule has 0 heterocycles. The number of benzene rings is 4. The zero-order valence-electron chi connectivity index (χ0n) is 19.0. The number of rotatable bonds is 9. The van der Waals surface area contributed by atoms with Crippen LogP contribution in [0.2, 0.25) is 0 Å². The quantitative estimate of drug-likeness (QED) is 0.320. The van der Waals surface area contributed by atoms with E-state index in [0.29, 0.717) is 22.9 Å². The second kappa shape index (κ2) is 10.8. The summed E-state index contributed by atoms with van der Waals surface area (Å²) >= 11 is 0. The SMILES string of the molecule is Cc1cccc(NS(=O)(=O)c2ccc(OCC(=O)Nc3ccc(Oc4ccccc4)cc3)cc2)c1. The van der Waals surface area contributed by atoms with Crippen molar-refractivity contribution in [1.82, 2.24) is 0 Å². The van der Waals surface area contributed by atoms with Crippen molar-refractivity contribution < 1.29 is 22.7 Å². The average Bonchev–Trinajstić information content (AvgIpc) is 2.85. The highest BCUT2D eigenvalue weighted by molar-refractivity contribution is 7.92. The highest BCUT2D eigenvalue weighted by Gasteiger charge is 2.14. The Morgan fingerprint density at radius 3 is 2.09 bits per heavy atom. The minimum atomic E-state index is -3.74. The molecule has 0 aliphatic rings. The Morgan fingerprint density at radius 1 is 0.743 bits per heavy atom. The largest absolute Gasteiger partial charge is 0.484 e. The molecular formula is C27H24N2O5S. The molecule has 35 heavy (non-hydrogen) atoms. The van der Waals surface area contributed by atoms with Crippen molar-refractivity contribution in [2.45, 2.75) is 11.8 Å². The molecule has 0 atom stereocenters. The van der Waals surface area contributed by atoms with Gasteiger partial charge in [-0.05, 0) is 85.3 Å². The number of sulfonamides is 1. The number of ether oxygens (including phenoxy) is 2. The summed E-state index contributed by atoms with van der Waals surface area (Å²) in [5.41, 5.74) is 2.04. The highest BCUT2D eigenvalue weighted by atomic mass is 32.2. The van der Waals surface area contributed by atoms with Crippen LogP contribution in [0.5, 0.6) is 17.2 Å². The Hall–Kier alpha value is -4.30. The minimum Gasteiger partial charge on any atom is -0.484 e. The van der Waals surface area contributed by atoms with E-state index in [9.17, 15) is 13.2 Å². The van der Waals surface area contributed by atoms with Gasteiger partial charge in [0.15, 0.2) is 6.61 Å². The molecule has 0 aliphatic heterocycles. The van der Waals surface area contributed by atoms with Crippen LogP contribution in [0.4, 0.5) is 11.4 Å².